The van der Waals surface area contributed by atoms with E-state index in [4.69, 9.17) is 9.47 Å². The Labute approximate surface area is 204 Å². The lowest BCUT2D eigenvalue weighted by Crippen LogP contribution is -2.37. The fraction of sp³-hybridized carbons (Fsp3) is 0.207. The maximum Gasteiger partial charge on any atom is 0.185 e. The lowest BCUT2D eigenvalue weighted by atomic mass is 9.67. The second-order valence-electron chi connectivity index (χ2n) is 8.65. The molecule has 0 unspecified atom stereocenters. The summed E-state index contributed by atoms with van der Waals surface area (Å²) in [4.78, 5) is 15.9. The lowest BCUT2D eigenvalue weighted by molar-refractivity contribution is 0.0874. The molecular weight excluding hydrogens is 438 g/mol. The van der Waals surface area contributed by atoms with E-state index in [-0.39, 0.29) is 5.78 Å². The van der Waals surface area contributed by atoms with Crippen molar-refractivity contribution in [2.24, 2.45) is 5.41 Å². The fourth-order valence-corrected chi connectivity index (χ4v) is 5.49. The largest absolute Gasteiger partial charge is 0.493 e. The smallest absolute Gasteiger partial charge is 0.185 e. The first kappa shape index (κ1) is 22.3. The van der Waals surface area contributed by atoms with Gasteiger partial charge < -0.3 is 14.4 Å². The third-order valence-corrected chi connectivity index (χ3v) is 7.04. The Kier molecular flexibility index (Phi) is 5.51. The minimum atomic E-state index is -1.53. The van der Waals surface area contributed by atoms with Gasteiger partial charge in [0.05, 0.1) is 32.4 Å². The Morgan fingerprint density at radius 2 is 1.60 bits per heavy atom. The molecule has 3 aromatic rings. The number of ether oxygens (including phenoxy) is 2. The summed E-state index contributed by atoms with van der Waals surface area (Å²) in [5.41, 5.74) is 1.45. The predicted octanol–water partition coefficient (Wildman–Crippen LogP) is 5.11. The number of carbonyl (C=O) groups excluding carboxylic acids is 1. The van der Waals surface area contributed by atoms with Gasteiger partial charge in [0.2, 0.25) is 0 Å². The number of fused-ring (bicyclic) bond motifs is 3. The maximum absolute atomic E-state index is 14.0. The first-order valence-corrected chi connectivity index (χ1v) is 11.3. The average molecular weight is 462 g/mol. The van der Waals surface area contributed by atoms with Crippen LogP contribution >= 0.6 is 0 Å². The maximum atomic E-state index is 14.0. The van der Waals surface area contributed by atoms with Crippen LogP contribution in [0.25, 0.3) is 6.08 Å². The molecule has 5 rings (SSSR count). The normalized spacial score (nSPS) is 21.3. The topological polar surface area (TPSA) is 86.4 Å². The van der Waals surface area contributed by atoms with Crippen LogP contribution in [-0.2, 0) is 0 Å². The molecule has 0 amide bonds. The zero-order valence-corrected chi connectivity index (χ0v) is 19.4. The standard InChI is InChI=1S/C29H23N3O3/c1-34-23-13-12-21(16-24(23)35-2)25-26(27(33)20-9-4-3-5-10-20)32-15-14-19-8-6-7-11-22(19)28(32)29(25,17-30)18-31/h3-16,25-26,28H,1-2H3/t25-,26-,28-/m1/s1. The van der Waals surface area contributed by atoms with Gasteiger partial charge in [-0.3, -0.25) is 4.79 Å². The molecule has 0 radical (unpaired) electrons. The number of methoxy groups -OCH3 is 2. The molecule has 6 nitrogen and oxygen atoms in total. The third kappa shape index (κ3) is 3.26. The van der Waals surface area contributed by atoms with Gasteiger partial charge in [-0.2, -0.15) is 10.5 Å². The van der Waals surface area contributed by atoms with E-state index in [2.05, 4.69) is 12.1 Å². The van der Waals surface area contributed by atoms with Crippen LogP contribution in [0.5, 0.6) is 11.5 Å². The molecule has 172 valence electrons. The molecule has 6 heteroatoms. The van der Waals surface area contributed by atoms with E-state index in [1.807, 2.05) is 65.7 Å². The van der Waals surface area contributed by atoms with Crippen molar-refractivity contribution in [1.82, 2.24) is 4.90 Å². The van der Waals surface area contributed by atoms with Crippen molar-refractivity contribution in [2.45, 2.75) is 18.0 Å². The first-order valence-electron chi connectivity index (χ1n) is 11.3. The second-order valence-corrected chi connectivity index (χ2v) is 8.65. The highest BCUT2D eigenvalue weighted by Gasteiger charge is 2.63. The number of rotatable bonds is 5. The number of ketones is 1. The van der Waals surface area contributed by atoms with Crippen LogP contribution in [0.4, 0.5) is 0 Å². The van der Waals surface area contributed by atoms with Crippen LogP contribution in [-0.4, -0.2) is 30.9 Å². The molecule has 0 saturated carbocycles. The van der Waals surface area contributed by atoms with E-state index < -0.39 is 23.4 Å². The summed E-state index contributed by atoms with van der Waals surface area (Å²) in [7, 11) is 3.08. The minimum Gasteiger partial charge on any atom is -0.493 e. The number of nitrogens with zero attached hydrogens (tertiary/aromatic N) is 3. The lowest BCUT2D eigenvalue weighted by Gasteiger charge is -2.34. The van der Waals surface area contributed by atoms with Crippen molar-refractivity contribution in [3.63, 3.8) is 0 Å². The monoisotopic (exact) mass is 461 g/mol. The molecule has 0 bridgehead atoms. The molecule has 2 aliphatic heterocycles. The molecule has 2 aliphatic rings. The highest BCUT2D eigenvalue weighted by Crippen LogP contribution is 2.60. The molecule has 0 spiro atoms. The molecule has 0 aliphatic carbocycles. The number of hydrogen-bond acceptors (Lipinski definition) is 6. The quantitative estimate of drug-likeness (QED) is 0.491. The number of carbonyl (C=O) groups is 1. The Morgan fingerprint density at radius 3 is 2.29 bits per heavy atom. The SMILES string of the molecule is COc1ccc([C@@H]2[C@H](C(=O)c3ccccc3)N3C=Cc4ccccc4[C@@H]3C2(C#N)C#N)cc1OC. The first-order chi connectivity index (χ1) is 17.1. The molecule has 2 heterocycles. The fourth-order valence-electron chi connectivity index (χ4n) is 5.49. The van der Waals surface area contributed by atoms with Crippen LogP contribution < -0.4 is 9.47 Å². The van der Waals surface area contributed by atoms with E-state index in [1.54, 1.807) is 31.4 Å². The van der Waals surface area contributed by atoms with Gasteiger partial charge in [-0.15, -0.1) is 0 Å². The van der Waals surface area contributed by atoms with Crippen molar-refractivity contribution in [3.05, 3.63) is 101 Å². The molecule has 1 saturated heterocycles. The molecule has 3 aromatic carbocycles. The molecule has 3 atom stereocenters. The molecule has 0 aromatic heterocycles. The summed E-state index contributed by atoms with van der Waals surface area (Å²) in [6, 6.07) is 25.4. The molecular formula is C29H23N3O3. The summed E-state index contributed by atoms with van der Waals surface area (Å²) in [6.45, 7) is 0. The number of hydrogen-bond donors (Lipinski definition) is 0. The highest BCUT2D eigenvalue weighted by atomic mass is 16.5. The zero-order valence-electron chi connectivity index (χ0n) is 19.4. The average Bonchev–Trinajstić information content (AvgIpc) is 3.23. The zero-order chi connectivity index (χ0) is 24.6. The number of nitriles is 2. The highest BCUT2D eigenvalue weighted by molar-refractivity contribution is 6.01. The van der Waals surface area contributed by atoms with Gasteiger partial charge in [0.15, 0.2) is 22.7 Å². The Hall–Kier alpha value is -4.55. The Balaban J connectivity index is 1.78. The van der Waals surface area contributed by atoms with Crippen LogP contribution in [0.2, 0.25) is 0 Å². The van der Waals surface area contributed by atoms with Gasteiger partial charge in [0.25, 0.3) is 0 Å². The summed E-state index contributed by atoms with van der Waals surface area (Å²) in [6.07, 6.45) is 3.79. The van der Waals surface area contributed by atoms with Crippen molar-refractivity contribution in [1.29, 1.82) is 10.5 Å². The Bertz CT molecular complexity index is 1390. The van der Waals surface area contributed by atoms with Crippen molar-refractivity contribution in [3.8, 4) is 23.6 Å². The number of Topliss-reactive ketones (excluding diaryl/α,β-unsaturated/α-hetero) is 1. The van der Waals surface area contributed by atoms with Crippen molar-refractivity contribution in [2.75, 3.05) is 14.2 Å². The van der Waals surface area contributed by atoms with E-state index in [9.17, 15) is 15.3 Å². The van der Waals surface area contributed by atoms with Crippen LogP contribution in [0.1, 0.15) is 39.0 Å². The van der Waals surface area contributed by atoms with Gasteiger partial charge in [0, 0.05) is 17.7 Å². The molecule has 35 heavy (non-hydrogen) atoms. The summed E-state index contributed by atoms with van der Waals surface area (Å²) >= 11 is 0. The predicted molar refractivity (Wildman–Crippen MR) is 131 cm³/mol. The van der Waals surface area contributed by atoms with E-state index in [0.717, 1.165) is 11.1 Å². The van der Waals surface area contributed by atoms with Gasteiger partial charge >= 0.3 is 0 Å². The van der Waals surface area contributed by atoms with E-state index in [0.29, 0.717) is 22.6 Å². The summed E-state index contributed by atoms with van der Waals surface area (Å²) in [5, 5.41) is 21.2. The van der Waals surface area contributed by atoms with E-state index in [1.165, 1.54) is 7.11 Å². The van der Waals surface area contributed by atoms with Gasteiger partial charge in [-0.05, 0) is 34.9 Å². The second kappa shape index (κ2) is 8.66. The van der Waals surface area contributed by atoms with E-state index >= 15 is 0 Å². The van der Waals surface area contributed by atoms with Crippen LogP contribution in [0, 0.1) is 28.1 Å². The van der Waals surface area contributed by atoms with Gasteiger partial charge in [0.1, 0.15) is 6.04 Å². The summed E-state index contributed by atoms with van der Waals surface area (Å²) in [5.74, 6) is 0.113. The Morgan fingerprint density at radius 1 is 0.914 bits per heavy atom. The molecule has 0 N–H and O–H groups in total. The summed E-state index contributed by atoms with van der Waals surface area (Å²) < 4.78 is 10.9. The van der Waals surface area contributed by atoms with Crippen LogP contribution in [0.15, 0.2) is 79.0 Å². The van der Waals surface area contributed by atoms with Crippen LogP contribution in [0.3, 0.4) is 0 Å². The molecule has 1 fully saturated rings. The third-order valence-electron chi connectivity index (χ3n) is 7.04. The number of benzene rings is 3. The van der Waals surface area contributed by atoms with Crippen molar-refractivity contribution >= 4 is 11.9 Å². The van der Waals surface area contributed by atoms with Gasteiger partial charge in [-0.1, -0.05) is 60.7 Å². The minimum absolute atomic E-state index is 0.146. The van der Waals surface area contributed by atoms with Gasteiger partial charge in [-0.25, -0.2) is 0 Å². The van der Waals surface area contributed by atoms with Crippen molar-refractivity contribution < 1.29 is 14.3 Å².